The minimum Gasteiger partial charge on any atom is -0.469 e. The van der Waals surface area contributed by atoms with Crippen LogP contribution in [0, 0.1) is 5.92 Å². The quantitative estimate of drug-likeness (QED) is 0.526. The predicted molar refractivity (Wildman–Crippen MR) is 43.6 cm³/mol. The summed E-state index contributed by atoms with van der Waals surface area (Å²) in [7, 11) is 1.35. The second-order valence-electron chi connectivity index (χ2n) is 3.02. The van der Waals surface area contributed by atoms with Crippen molar-refractivity contribution in [2.75, 3.05) is 20.2 Å². The summed E-state index contributed by atoms with van der Waals surface area (Å²) in [6, 6.07) is 0. The Labute approximate surface area is 71.9 Å². The number of hydrogen-bond acceptors (Lipinski definition) is 4. The topological polar surface area (TPSA) is 58.6 Å². The Kier molecular flexibility index (Phi) is 3.49. The molecule has 1 aliphatic heterocycles. The molecule has 1 fully saturated rings. The van der Waals surface area contributed by atoms with Crippen LogP contribution in [0.3, 0.4) is 0 Å². The molecule has 12 heavy (non-hydrogen) atoms. The first kappa shape index (κ1) is 9.48. The highest BCUT2D eigenvalue weighted by atomic mass is 16.5. The van der Waals surface area contributed by atoms with Crippen molar-refractivity contribution in [1.82, 2.24) is 5.32 Å². The number of esters is 1. The average Bonchev–Trinajstić information content (AvgIpc) is 2.28. The summed E-state index contributed by atoms with van der Waals surface area (Å²) in [5.41, 5.74) is 0. The molecule has 1 aliphatic rings. The van der Waals surface area contributed by atoms with Gasteiger partial charge in [0.25, 0.3) is 0 Å². The largest absolute Gasteiger partial charge is 0.469 e. The number of aliphatic hydroxyl groups is 1. The van der Waals surface area contributed by atoms with E-state index < -0.39 is 6.10 Å². The first-order valence-corrected chi connectivity index (χ1v) is 4.22. The lowest BCUT2D eigenvalue weighted by molar-refractivity contribution is -0.149. The molecule has 0 amide bonds. The lowest BCUT2D eigenvalue weighted by atomic mass is 9.98. The lowest BCUT2D eigenvalue weighted by Gasteiger charge is -2.16. The molecule has 2 unspecified atom stereocenters. The van der Waals surface area contributed by atoms with Gasteiger partial charge in [-0.25, -0.2) is 0 Å². The van der Waals surface area contributed by atoms with Crippen LogP contribution in [-0.4, -0.2) is 37.4 Å². The van der Waals surface area contributed by atoms with Gasteiger partial charge in [0.05, 0.1) is 19.1 Å². The number of aliphatic hydroxyl groups excluding tert-OH is 1. The van der Waals surface area contributed by atoms with Crippen LogP contribution in [0.2, 0.25) is 0 Å². The van der Waals surface area contributed by atoms with Crippen LogP contribution in [-0.2, 0) is 9.53 Å². The molecule has 2 N–H and O–H groups in total. The van der Waals surface area contributed by atoms with Gasteiger partial charge in [-0.2, -0.15) is 0 Å². The maximum Gasteiger partial charge on any atom is 0.311 e. The van der Waals surface area contributed by atoms with Crippen LogP contribution in [0.25, 0.3) is 0 Å². The van der Waals surface area contributed by atoms with Crippen LogP contribution < -0.4 is 5.32 Å². The summed E-state index contributed by atoms with van der Waals surface area (Å²) in [5, 5.41) is 12.6. The summed E-state index contributed by atoms with van der Waals surface area (Å²) in [6.45, 7) is 1.55. The molecule has 0 bridgehead atoms. The summed E-state index contributed by atoms with van der Waals surface area (Å²) in [4.78, 5) is 11.1. The molecule has 4 heteroatoms. The highest BCUT2D eigenvalue weighted by Gasteiger charge is 2.28. The minimum atomic E-state index is -0.549. The van der Waals surface area contributed by atoms with Gasteiger partial charge in [0.1, 0.15) is 0 Å². The Hall–Kier alpha value is -0.610. The van der Waals surface area contributed by atoms with Crippen molar-refractivity contribution >= 4 is 5.97 Å². The van der Waals surface area contributed by atoms with Crippen molar-refractivity contribution < 1.29 is 14.6 Å². The van der Waals surface area contributed by atoms with Gasteiger partial charge in [0.15, 0.2) is 0 Å². The molecule has 0 saturated carbocycles. The maximum atomic E-state index is 11.1. The number of rotatable bonds is 1. The Balaban J connectivity index is 2.52. The summed E-state index contributed by atoms with van der Waals surface area (Å²) >= 11 is 0. The number of carbonyl (C=O) groups excluding carboxylic acids is 1. The molecule has 1 heterocycles. The van der Waals surface area contributed by atoms with Crippen molar-refractivity contribution in [3.8, 4) is 0 Å². The molecule has 0 spiro atoms. The summed E-state index contributed by atoms with van der Waals surface area (Å²) in [5.74, 6) is -0.642. The minimum absolute atomic E-state index is 0.300. The van der Waals surface area contributed by atoms with E-state index in [0.717, 1.165) is 13.1 Å². The zero-order valence-electron chi connectivity index (χ0n) is 7.25. The molecule has 1 saturated heterocycles. The van der Waals surface area contributed by atoms with E-state index in [9.17, 15) is 9.90 Å². The van der Waals surface area contributed by atoms with Crippen LogP contribution in [0.5, 0.6) is 0 Å². The second kappa shape index (κ2) is 4.42. The zero-order chi connectivity index (χ0) is 8.97. The molecule has 0 radical (unpaired) electrons. The van der Waals surface area contributed by atoms with Crippen LogP contribution in [0.4, 0.5) is 0 Å². The number of methoxy groups -OCH3 is 1. The molecular weight excluding hydrogens is 158 g/mol. The van der Waals surface area contributed by atoms with E-state index in [1.807, 2.05) is 0 Å². The van der Waals surface area contributed by atoms with Crippen LogP contribution in [0.15, 0.2) is 0 Å². The van der Waals surface area contributed by atoms with Gasteiger partial charge in [-0.3, -0.25) is 4.79 Å². The SMILES string of the molecule is COC(=O)C1CCNCCC1O. The van der Waals surface area contributed by atoms with E-state index in [1.165, 1.54) is 7.11 Å². The summed E-state index contributed by atoms with van der Waals surface area (Å²) in [6.07, 6.45) is 0.737. The highest BCUT2D eigenvalue weighted by Crippen LogP contribution is 2.15. The molecular formula is C8H15NO3. The third-order valence-electron chi connectivity index (χ3n) is 2.22. The second-order valence-corrected chi connectivity index (χ2v) is 3.02. The molecule has 70 valence electrons. The van der Waals surface area contributed by atoms with Crippen molar-refractivity contribution in [2.45, 2.75) is 18.9 Å². The first-order chi connectivity index (χ1) is 5.75. The van der Waals surface area contributed by atoms with E-state index in [-0.39, 0.29) is 11.9 Å². The first-order valence-electron chi connectivity index (χ1n) is 4.22. The van der Waals surface area contributed by atoms with Gasteiger partial charge in [0.2, 0.25) is 0 Å². The van der Waals surface area contributed by atoms with E-state index in [4.69, 9.17) is 0 Å². The van der Waals surface area contributed by atoms with Gasteiger partial charge >= 0.3 is 5.97 Å². The summed E-state index contributed by atoms with van der Waals surface area (Å²) < 4.78 is 4.59. The Bertz CT molecular complexity index is 160. The van der Waals surface area contributed by atoms with Crippen molar-refractivity contribution in [2.24, 2.45) is 5.92 Å². The fourth-order valence-corrected chi connectivity index (χ4v) is 1.45. The molecule has 0 aliphatic carbocycles. The molecule has 1 rings (SSSR count). The zero-order valence-corrected chi connectivity index (χ0v) is 7.25. The van der Waals surface area contributed by atoms with E-state index in [0.29, 0.717) is 12.8 Å². The van der Waals surface area contributed by atoms with Crippen LogP contribution in [0.1, 0.15) is 12.8 Å². The third-order valence-corrected chi connectivity index (χ3v) is 2.22. The fraction of sp³-hybridized carbons (Fsp3) is 0.875. The van der Waals surface area contributed by atoms with E-state index in [1.54, 1.807) is 0 Å². The molecule has 2 atom stereocenters. The van der Waals surface area contributed by atoms with Gasteiger partial charge in [-0.1, -0.05) is 0 Å². The fourth-order valence-electron chi connectivity index (χ4n) is 1.45. The van der Waals surface area contributed by atoms with Gasteiger partial charge < -0.3 is 15.2 Å². The van der Waals surface area contributed by atoms with Gasteiger partial charge in [0, 0.05) is 0 Å². The molecule has 4 nitrogen and oxygen atoms in total. The number of hydrogen-bond donors (Lipinski definition) is 2. The Morgan fingerprint density at radius 2 is 2.17 bits per heavy atom. The highest BCUT2D eigenvalue weighted by molar-refractivity contribution is 5.72. The number of ether oxygens (including phenoxy) is 1. The maximum absolute atomic E-state index is 11.1. The van der Waals surface area contributed by atoms with Crippen molar-refractivity contribution in [3.63, 3.8) is 0 Å². The lowest BCUT2D eigenvalue weighted by Crippen LogP contribution is -2.28. The standard InChI is InChI=1S/C8H15NO3/c1-12-8(11)6-2-4-9-5-3-7(6)10/h6-7,9-10H,2-5H2,1H3. The van der Waals surface area contributed by atoms with Gasteiger partial charge in [-0.15, -0.1) is 0 Å². The molecule has 0 aromatic rings. The Morgan fingerprint density at radius 1 is 1.50 bits per heavy atom. The third kappa shape index (κ3) is 2.19. The molecule has 0 aromatic carbocycles. The monoisotopic (exact) mass is 173 g/mol. The van der Waals surface area contributed by atoms with Crippen molar-refractivity contribution in [3.05, 3.63) is 0 Å². The Morgan fingerprint density at radius 3 is 2.83 bits per heavy atom. The number of carbonyl (C=O) groups is 1. The van der Waals surface area contributed by atoms with Gasteiger partial charge in [-0.05, 0) is 25.9 Å². The smallest absolute Gasteiger partial charge is 0.311 e. The predicted octanol–water partition coefficient (Wildman–Crippen LogP) is -0.480. The van der Waals surface area contributed by atoms with Crippen LogP contribution >= 0.6 is 0 Å². The normalized spacial score (nSPS) is 30.8. The van der Waals surface area contributed by atoms with E-state index in [2.05, 4.69) is 10.1 Å². The molecule has 0 aromatic heterocycles. The average molecular weight is 173 g/mol. The number of nitrogens with one attached hydrogen (secondary N) is 1. The van der Waals surface area contributed by atoms with Crippen molar-refractivity contribution in [1.29, 1.82) is 0 Å². The van der Waals surface area contributed by atoms with E-state index >= 15 is 0 Å².